The first-order chi connectivity index (χ1) is 17.7. The highest BCUT2D eigenvalue weighted by molar-refractivity contribution is 8.18. The predicted octanol–water partition coefficient (Wildman–Crippen LogP) is 6.22. The zero-order chi connectivity index (χ0) is 26.5. The number of methoxy groups -OCH3 is 1. The van der Waals surface area contributed by atoms with Crippen LogP contribution in [0.5, 0.6) is 11.5 Å². The van der Waals surface area contributed by atoms with Gasteiger partial charge in [-0.15, -0.1) is 0 Å². The zero-order valence-electron chi connectivity index (χ0n) is 20.5. The van der Waals surface area contributed by atoms with Gasteiger partial charge >= 0.3 is 0 Å². The number of anilines is 1. The lowest BCUT2D eigenvalue weighted by Crippen LogP contribution is -2.27. The summed E-state index contributed by atoms with van der Waals surface area (Å²) in [6.07, 6.45) is 1.62. The van der Waals surface area contributed by atoms with Crippen LogP contribution in [-0.4, -0.2) is 35.7 Å². The Hall–Kier alpha value is -3.75. The van der Waals surface area contributed by atoms with Gasteiger partial charge in [0.15, 0.2) is 18.1 Å². The van der Waals surface area contributed by atoms with Gasteiger partial charge < -0.3 is 14.8 Å². The van der Waals surface area contributed by atoms with Gasteiger partial charge in [0, 0.05) is 10.7 Å². The van der Waals surface area contributed by atoms with Crippen molar-refractivity contribution in [3.05, 3.63) is 92.8 Å². The smallest absolute Gasteiger partial charge is 0.293 e. The van der Waals surface area contributed by atoms with Crippen LogP contribution in [0.2, 0.25) is 5.02 Å². The van der Waals surface area contributed by atoms with E-state index in [1.807, 2.05) is 32.0 Å². The minimum atomic E-state index is -0.391. The summed E-state index contributed by atoms with van der Waals surface area (Å²) < 4.78 is 11.1. The molecule has 0 bridgehead atoms. The van der Waals surface area contributed by atoms with E-state index in [4.69, 9.17) is 21.1 Å². The molecule has 0 saturated carbocycles. The number of aryl methyl sites for hydroxylation is 2. The summed E-state index contributed by atoms with van der Waals surface area (Å²) in [5.74, 6) is 0.0792. The van der Waals surface area contributed by atoms with Gasteiger partial charge in [0.1, 0.15) is 0 Å². The average molecular weight is 537 g/mol. The maximum absolute atomic E-state index is 12.9. The number of nitrogens with zero attached hydrogens (tertiary/aromatic N) is 1. The van der Waals surface area contributed by atoms with E-state index in [1.54, 1.807) is 48.5 Å². The van der Waals surface area contributed by atoms with E-state index in [2.05, 4.69) is 5.32 Å². The molecule has 3 amide bonds. The lowest BCUT2D eigenvalue weighted by atomic mass is 10.1. The molecule has 0 radical (unpaired) electrons. The van der Waals surface area contributed by atoms with Crippen molar-refractivity contribution in [3.8, 4) is 11.5 Å². The minimum absolute atomic E-state index is 0.0991. The van der Waals surface area contributed by atoms with E-state index in [-0.39, 0.29) is 24.3 Å². The first-order valence-corrected chi connectivity index (χ1v) is 12.6. The van der Waals surface area contributed by atoms with Crippen LogP contribution in [0.3, 0.4) is 0 Å². The number of amides is 3. The molecule has 1 heterocycles. The number of thioether (sulfide) groups is 1. The Morgan fingerprint density at radius 2 is 1.84 bits per heavy atom. The molecule has 3 aromatic carbocycles. The summed E-state index contributed by atoms with van der Waals surface area (Å²) in [6.45, 7) is 3.77. The molecule has 1 saturated heterocycles. The Morgan fingerprint density at radius 3 is 2.59 bits per heavy atom. The van der Waals surface area contributed by atoms with Gasteiger partial charge in [-0.1, -0.05) is 48.0 Å². The second-order valence-electron chi connectivity index (χ2n) is 8.42. The van der Waals surface area contributed by atoms with Crippen molar-refractivity contribution in [3.63, 3.8) is 0 Å². The van der Waals surface area contributed by atoms with Crippen LogP contribution in [0.4, 0.5) is 10.5 Å². The molecule has 7 nitrogen and oxygen atoms in total. The van der Waals surface area contributed by atoms with Crippen molar-refractivity contribution in [1.29, 1.82) is 0 Å². The van der Waals surface area contributed by atoms with Crippen LogP contribution in [0.1, 0.15) is 22.3 Å². The molecule has 9 heteroatoms. The summed E-state index contributed by atoms with van der Waals surface area (Å²) in [4.78, 5) is 39.3. The minimum Gasteiger partial charge on any atom is -0.493 e. The summed E-state index contributed by atoms with van der Waals surface area (Å²) >= 11 is 7.06. The first-order valence-electron chi connectivity index (χ1n) is 11.4. The molecular weight excluding hydrogens is 512 g/mol. The van der Waals surface area contributed by atoms with Crippen LogP contribution in [0.15, 0.2) is 65.6 Å². The van der Waals surface area contributed by atoms with Gasteiger partial charge in [0.2, 0.25) is 0 Å². The van der Waals surface area contributed by atoms with Crippen molar-refractivity contribution in [2.45, 2.75) is 20.4 Å². The SMILES string of the molecule is COc1cc(/C=C2\SC(=O)N(Cc3ccccc3Cl)C2=O)ccc1OCC(=O)Nc1cc(C)ccc1C. The number of benzene rings is 3. The average Bonchev–Trinajstić information content (AvgIpc) is 3.13. The molecule has 190 valence electrons. The lowest BCUT2D eigenvalue weighted by molar-refractivity contribution is -0.123. The third-order valence-corrected chi connectivity index (χ3v) is 6.95. The normalized spacial score (nSPS) is 14.3. The Kier molecular flexibility index (Phi) is 8.21. The highest BCUT2D eigenvalue weighted by Gasteiger charge is 2.35. The maximum Gasteiger partial charge on any atom is 0.293 e. The summed E-state index contributed by atoms with van der Waals surface area (Å²) in [6, 6.07) is 18.0. The number of ether oxygens (including phenoxy) is 2. The van der Waals surface area contributed by atoms with E-state index < -0.39 is 5.91 Å². The summed E-state index contributed by atoms with van der Waals surface area (Å²) in [7, 11) is 1.49. The van der Waals surface area contributed by atoms with Gasteiger partial charge in [0.05, 0.1) is 18.6 Å². The van der Waals surface area contributed by atoms with Crippen molar-refractivity contribution in [2.24, 2.45) is 0 Å². The number of hydrogen-bond acceptors (Lipinski definition) is 6. The molecule has 1 fully saturated rings. The molecule has 37 heavy (non-hydrogen) atoms. The van der Waals surface area contributed by atoms with Crippen LogP contribution < -0.4 is 14.8 Å². The molecule has 3 aromatic rings. The fraction of sp³-hybridized carbons (Fsp3) is 0.179. The molecule has 1 aliphatic rings. The number of rotatable bonds is 8. The Balaban J connectivity index is 1.43. The molecular formula is C28H25ClN2O5S. The molecule has 4 rings (SSSR count). The standard InChI is InChI=1S/C28H25ClN2O5S/c1-17-8-9-18(2)22(12-17)30-26(32)16-36-23-11-10-19(13-24(23)35-3)14-25-27(33)31(28(34)37-25)15-20-6-4-5-7-21(20)29/h4-14H,15-16H2,1-3H3,(H,30,32)/b25-14-. The van der Waals surface area contributed by atoms with Crippen molar-refractivity contribution in [2.75, 3.05) is 19.0 Å². The Morgan fingerprint density at radius 1 is 1.05 bits per heavy atom. The van der Waals surface area contributed by atoms with Crippen LogP contribution in [-0.2, 0) is 16.1 Å². The third-order valence-electron chi connectivity index (χ3n) is 5.67. The van der Waals surface area contributed by atoms with Crippen LogP contribution in [0.25, 0.3) is 6.08 Å². The summed E-state index contributed by atoms with van der Waals surface area (Å²) in [5.41, 5.74) is 4.07. The third kappa shape index (κ3) is 6.34. The van der Waals surface area contributed by atoms with Gasteiger partial charge in [-0.25, -0.2) is 0 Å². The zero-order valence-corrected chi connectivity index (χ0v) is 22.1. The number of carbonyl (C=O) groups is 3. The van der Waals surface area contributed by atoms with Crippen molar-refractivity contribution >= 4 is 52.2 Å². The molecule has 0 unspecified atom stereocenters. The molecule has 0 aliphatic carbocycles. The highest BCUT2D eigenvalue weighted by atomic mass is 35.5. The van der Waals surface area contributed by atoms with Gasteiger partial charge in [-0.05, 0) is 78.2 Å². The summed E-state index contributed by atoms with van der Waals surface area (Å²) in [5, 5.41) is 2.98. The van der Waals surface area contributed by atoms with Gasteiger partial charge in [-0.2, -0.15) is 0 Å². The number of hydrogen-bond donors (Lipinski definition) is 1. The maximum atomic E-state index is 12.9. The van der Waals surface area contributed by atoms with Crippen LogP contribution in [0, 0.1) is 13.8 Å². The molecule has 0 aromatic heterocycles. The van der Waals surface area contributed by atoms with E-state index in [1.165, 1.54) is 12.0 Å². The topological polar surface area (TPSA) is 84.9 Å². The fourth-order valence-electron chi connectivity index (χ4n) is 3.68. The van der Waals surface area contributed by atoms with E-state index in [0.717, 1.165) is 28.6 Å². The number of imide groups is 1. The number of carbonyl (C=O) groups excluding carboxylic acids is 3. The monoisotopic (exact) mass is 536 g/mol. The molecule has 0 atom stereocenters. The molecule has 1 N–H and O–H groups in total. The van der Waals surface area contributed by atoms with Crippen molar-refractivity contribution < 1.29 is 23.9 Å². The van der Waals surface area contributed by atoms with Crippen LogP contribution >= 0.6 is 23.4 Å². The van der Waals surface area contributed by atoms with E-state index in [0.29, 0.717) is 32.6 Å². The van der Waals surface area contributed by atoms with Crippen molar-refractivity contribution in [1.82, 2.24) is 4.90 Å². The van der Waals surface area contributed by atoms with E-state index in [9.17, 15) is 14.4 Å². The molecule has 0 spiro atoms. The number of halogens is 1. The lowest BCUT2D eigenvalue weighted by Gasteiger charge is -2.13. The molecule has 1 aliphatic heterocycles. The van der Waals surface area contributed by atoms with Gasteiger partial charge in [-0.3, -0.25) is 19.3 Å². The quantitative estimate of drug-likeness (QED) is 0.344. The van der Waals surface area contributed by atoms with E-state index >= 15 is 0 Å². The second kappa shape index (κ2) is 11.5. The first kappa shape index (κ1) is 26.3. The van der Waals surface area contributed by atoms with Gasteiger partial charge in [0.25, 0.3) is 17.1 Å². The second-order valence-corrected chi connectivity index (χ2v) is 9.83. The fourth-order valence-corrected chi connectivity index (χ4v) is 4.71. The largest absolute Gasteiger partial charge is 0.493 e. The Labute approximate surface area is 224 Å². The highest BCUT2D eigenvalue weighted by Crippen LogP contribution is 2.36. The predicted molar refractivity (Wildman–Crippen MR) is 146 cm³/mol. The Bertz CT molecular complexity index is 1410. The number of nitrogens with one attached hydrogen (secondary N) is 1.